The molecular weight excluding hydrogens is 192 g/mol. The number of alkyl halides is 3. The van der Waals surface area contributed by atoms with Crippen molar-refractivity contribution < 1.29 is 18.7 Å². The molecule has 0 aromatic carbocycles. The number of carbonyl (C=O) groups excluding carboxylic acids is 1. The van der Waals surface area contributed by atoms with E-state index in [1.807, 2.05) is 0 Å². The van der Waals surface area contributed by atoms with Crippen LogP contribution >= 0.6 is 11.6 Å². The molecule has 0 rings (SSSR count). The molecule has 12 heavy (non-hydrogen) atoms. The van der Waals surface area contributed by atoms with Gasteiger partial charge in [0.25, 0.3) is 6.43 Å². The van der Waals surface area contributed by atoms with Gasteiger partial charge in [0, 0.05) is 6.54 Å². The van der Waals surface area contributed by atoms with Gasteiger partial charge in [0.05, 0.1) is 0 Å². The molecule has 0 bridgehead atoms. The highest BCUT2D eigenvalue weighted by Gasteiger charge is 2.18. The zero-order valence-electron chi connectivity index (χ0n) is 6.43. The second kappa shape index (κ2) is 5.27. The van der Waals surface area contributed by atoms with Crippen molar-refractivity contribution in [2.75, 3.05) is 6.54 Å². The third-order valence-electron chi connectivity index (χ3n) is 1.14. The Bertz CT molecular complexity index is 154. The number of hydrogen-bond acceptors (Lipinski definition) is 2. The molecule has 0 aromatic heterocycles. The number of rotatable bonds is 4. The summed E-state index contributed by atoms with van der Waals surface area (Å²) < 4.78 is 23.3. The maximum atomic E-state index is 11.6. The van der Waals surface area contributed by atoms with E-state index >= 15 is 0 Å². The maximum absolute atomic E-state index is 11.6. The van der Waals surface area contributed by atoms with Crippen molar-refractivity contribution in [2.45, 2.75) is 24.8 Å². The van der Waals surface area contributed by atoms with Gasteiger partial charge in [-0.2, -0.15) is 0 Å². The molecule has 6 heteroatoms. The minimum Gasteiger partial charge on any atom is -0.385 e. The van der Waals surface area contributed by atoms with Crippen LogP contribution < -0.4 is 5.32 Å². The molecule has 0 aromatic rings. The molecule has 3 nitrogen and oxygen atoms in total. The molecule has 2 unspecified atom stereocenters. The highest BCUT2D eigenvalue weighted by molar-refractivity contribution is 6.30. The largest absolute Gasteiger partial charge is 0.385 e. The minimum absolute atomic E-state index is 0.479. The molecule has 72 valence electrons. The molecule has 0 aliphatic carbocycles. The summed E-state index contributed by atoms with van der Waals surface area (Å²) in [6.45, 7) is 0.930. The molecule has 2 atom stereocenters. The molecule has 1 amide bonds. The van der Waals surface area contributed by atoms with Gasteiger partial charge in [-0.1, -0.05) is 0 Å². The lowest BCUT2D eigenvalue weighted by Gasteiger charge is -2.11. The SMILES string of the molecule is CC(Cl)C(=O)NCC(O)C(F)F. The van der Waals surface area contributed by atoms with Crippen LogP contribution in [-0.4, -0.2) is 35.5 Å². The highest BCUT2D eigenvalue weighted by atomic mass is 35.5. The number of amides is 1. The number of hydrogen-bond donors (Lipinski definition) is 2. The summed E-state index contributed by atoms with van der Waals surface area (Å²) in [5.74, 6) is -0.573. The molecule has 2 N–H and O–H groups in total. The molecule has 0 saturated heterocycles. The molecule has 0 aliphatic rings. The standard InChI is InChI=1S/C6H10ClF2NO2/c1-3(7)6(12)10-2-4(11)5(8)9/h3-5,11H,2H2,1H3,(H,10,12). The Morgan fingerprint density at radius 1 is 1.67 bits per heavy atom. The Morgan fingerprint density at radius 3 is 2.50 bits per heavy atom. The molecule has 0 radical (unpaired) electrons. The predicted octanol–water partition coefficient (Wildman–Crippen LogP) is 0.356. The van der Waals surface area contributed by atoms with Crippen LogP contribution in [0.2, 0.25) is 0 Å². The van der Waals surface area contributed by atoms with Crippen LogP contribution in [0.25, 0.3) is 0 Å². The lowest BCUT2D eigenvalue weighted by molar-refractivity contribution is -0.121. The van der Waals surface area contributed by atoms with E-state index in [1.54, 1.807) is 0 Å². The van der Waals surface area contributed by atoms with Gasteiger partial charge in [0.1, 0.15) is 11.5 Å². The molecular formula is C6H10ClF2NO2. The first-order chi connectivity index (χ1) is 5.45. The van der Waals surface area contributed by atoms with Gasteiger partial charge in [-0.3, -0.25) is 4.79 Å². The summed E-state index contributed by atoms with van der Waals surface area (Å²) in [5, 5.41) is 9.83. The smallest absolute Gasteiger partial charge is 0.265 e. The van der Waals surface area contributed by atoms with E-state index in [-0.39, 0.29) is 0 Å². The monoisotopic (exact) mass is 201 g/mol. The molecule has 0 fully saturated rings. The first kappa shape index (κ1) is 11.6. The molecule has 0 spiro atoms. The normalized spacial score (nSPS) is 15.8. The lowest BCUT2D eigenvalue weighted by Crippen LogP contribution is -2.38. The van der Waals surface area contributed by atoms with Crippen LogP contribution in [0.1, 0.15) is 6.92 Å². The number of aliphatic hydroxyl groups is 1. The fourth-order valence-electron chi connectivity index (χ4n) is 0.435. The van der Waals surface area contributed by atoms with Gasteiger partial charge >= 0.3 is 0 Å². The zero-order chi connectivity index (χ0) is 9.72. The van der Waals surface area contributed by atoms with Gasteiger partial charge in [-0.25, -0.2) is 8.78 Å². The Kier molecular flexibility index (Phi) is 5.08. The third-order valence-corrected chi connectivity index (χ3v) is 1.34. The van der Waals surface area contributed by atoms with Crippen LogP contribution in [0.15, 0.2) is 0 Å². The zero-order valence-corrected chi connectivity index (χ0v) is 7.18. The van der Waals surface area contributed by atoms with Gasteiger partial charge in [0.2, 0.25) is 5.91 Å². The van der Waals surface area contributed by atoms with Crippen molar-refractivity contribution in [2.24, 2.45) is 0 Å². The van der Waals surface area contributed by atoms with Crippen molar-refractivity contribution in [3.63, 3.8) is 0 Å². The van der Waals surface area contributed by atoms with Crippen molar-refractivity contribution in [1.82, 2.24) is 5.32 Å². The lowest BCUT2D eigenvalue weighted by atomic mass is 10.3. The summed E-state index contributed by atoms with van der Waals surface area (Å²) in [4.78, 5) is 10.7. The van der Waals surface area contributed by atoms with Gasteiger partial charge in [-0.05, 0) is 6.92 Å². The number of halogens is 3. The van der Waals surface area contributed by atoms with E-state index in [0.717, 1.165) is 0 Å². The summed E-state index contributed by atoms with van der Waals surface area (Å²) >= 11 is 5.31. The Labute approximate surface area is 73.7 Å². The number of nitrogens with one attached hydrogen (secondary N) is 1. The van der Waals surface area contributed by atoms with E-state index in [4.69, 9.17) is 16.7 Å². The summed E-state index contributed by atoms with van der Waals surface area (Å²) in [7, 11) is 0. The summed E-state index contributed by atoms with van der Waals surface area (Å²) in [6.07, 6.45) is -4.68. The van der Waals surface area contributed by atoms with E-state index in [0.29, 0.717) is 0 Å². The Morgan fingerprint density at radius 2 is 2.17 bits per heavy atom. The summed E-state index contributed by atoms with van der Waals surface area (Å²) in [6, 6.07) is 0. The average molecular weight is 202 g/mol. The van der Waals surface area contributed by atoms with Crippen LogP contribution in [0, 0.1) is 0 Å². The van der Waals surface area contributed by atoms with E-state index in [2.05, 4.69) is 5.32 Å². The quantitative estimate of drug-likeness (QED) is 0.646. The van der Waals surface area contributed by atoms with Gasteiger partial charge in [-0.15, -0.1) is 11.6 Å². The van der Waals surface area contributed by atoms with E-state index in [9.17, 15) is 13.6 Å². The first-order valence-corrected chi connectivity index (χ1v) is 3.76. The Balaban J connectivity index is 3.61. The minimum atomic E-state index is -2.85. The number of carbonyl (C=O) groups is 1. The van der Waals surface area contributed by atoms with Crippen molar-refractivity contribution in [3.05, 3.63) is 0 Å². The maximum Gasteiger partial charge on any atom is 0.265 e. The van der Waals surface area contributed by atoms with Crippen LogP contribution in [0.5, 0.6) is 0 Å². The first-order valence-electron chi connectivity index (χ1n) is 3.33. The molecule has 0 aliphatic heterocycles. The van der Waals surface area contributed by atoms with Crippen molar-refractivity contribution in [1.29, 1.82) is 0 Å². The fraction of sp³-hybridized carbons (Fsp3) is 0.833. The molecule has 0 heterocycles. The fourth-order valence-corrected chi connectivity index (χ4v) is 0.512. The van der Waals surface area contributed by atoms with Gasteiger partial charge in [0.15, 0.2) is 0 Å². The van der Waals surface area contributed by atoms with Crippen LogP contribution in [-0.2, 0) is 4.79 Å². The third kappa shape index (κ3) is 4.46. The van der Waals surface area contributed by atoms with Crippen molar-refractivity contribution in [3.8, 4) is 0 Å². The van der Waals surface area contributed by atoms with Crippen LogP contribution in [0.4, 0.5) is 8.78 Å². The second-order valence-corrected chi connectivity index (χ2v) is 2.92. The predicted molar refractivity (Wildman–Crippen MR) is 40.3 cm³/mol. The average Bonchev–Trinajstić information content (AvgIpc) is 1.98. The second-order valence-electron chi connectivity index (χ2n) is 2.26. The topological polar surface area (TPSA) is 49.3 Å². The van der Waals surface area contributed by atoms with E-state index < -0.39 is 30.4 Å². The van der Waals surface area contributed by atoms with E-state index in [1.165, 1.54) is 6.92 Å². The van der Waals surface area contributed by atoms with Crippen molar-refractivity contribution >= 4 is 17.5 Å². The van der Waals surface area contributed by atoms with Crippen LogP contribution in [0.3, 0.4) is 0 Å². The highest BCUT2D eigenvalue weighted by Crippen LogP contribution is 1.99. The van der Waals surface area contributed by atoms with Gasteiger partial charge < -0.3 is 10.4 Å². The molecule has 0 saturated carbocycles. The Hall–Kier alpha value is -0.420. The summed E-state index contributed by atoms with van der Waals surface area (Å²) in [5.41, 5.74) is 0. The number of aliphatic hydroxyl groups excluding tert-OH is 1.